The van der Waals surface area contributed by atoms with Crippen molar-refractivity contribution in [3.63, 3.8) is 0 Å². The molecule has 0 unspecified atom stereocenters. The number of Topliss-reactive ketones (excluding diaryl/α,β-unsaturated/α-hetero) is 1. The fraction of sp³-hybridized carbons (Fsp3) is 0.500. The molecule has 2 N–H and O–H groups in total. The molecule has 20 heavy (non-hydrogen) atoms. The summed E-state index contributed by atoms with van der Waals surface area (Å²) in [6, 6.07) is 1.12. The first-order valence-electron chi connectivity index (χ1n) is 5.63. The molecule has 10 heteroatoms. The lowest BCUT2D eigenvalue weighted by atomic mass is 10.1. The number of thiophene rings is 1. The molecular weight excluding hydrogens is 324 g/mol. The maximum atomic E-state index is 12.2. The van der Waals surface area contributed by atoms with Gasteiger partial charge in [-0.1, -0.05) is 0 Å². The molecule has 0 fully saturated rings. The summed E-state index contributed by atoms with van der Waals surface area (Å²) in [4.78, 5) is 11.7. The van der Waals surface area contributed by atoms with Gasteiger partial charge in [-0.2, -0.15) is 0 Å². The van der Waals surface area contributed by atoms with Gasteiger partial charge in [0.05, 0.1) is 12.1 Å². The van der Waals surface area contributed by atoms with Crippen LogP contribution >= 0.6 is 11.3 Å². The Morgan fingerprint density at radius 1 is 1.35 bits per heavy atom. The molecule has 2 heterocycles. The summed E-state index contributed by atoms with van der Waals surface area (Å²) in [5, 5.41) is 0. The van der Waals surface area contributed by atoms with Crippen molar-refractivity contribution in [1.29, 1.82) is 0 Å². The van der Waals surface area contributed by atoms with Crippen molar-refractivity contribution in [1.82, 2.24) is 9.44 Å². The van der Waals surface area contributed by atoms with Gasteiger partial charge in [0.1, 0.15) is 8.42 Å². The zero-order chi connectivity index (χ0) is 15.3. The number of fused-ring (bicyclic) bond motifs is 1. The smallest absolute Gasteiger partial charge is 0.251 e. The van der Waals surface area contributed by atoms with E-state index in [9.17, 15) is 21.6 Å². The first-order chi connectivity index (χ1) is 8.92. The lowest BCUT2D eigenvalue weighted by Crippen LogP contribution is -2.40. The van der Waals surface area contributed by atoms with Crippen molar-refractivity contribution in [2.75, 3.05) is 6.54 Å². The third kappa shape index (κ3) is 2.93. The third-order valence-electron chi connectivity index (χ3n) is 2.35. The van der Waals surface area contributed by atoms with E-state index in [1.54, 1.807) is 20.8 Å². The van der Waals surface area contributed by atoms with Crippen LogP contribution in [0.15, 0.2) is 14.5 Å². The van der Waals surface area contributed by atoms with Gasteiger partial charge in [0.25, 0.3) is 20.0 Å². The molecule has 0 amide bonds. The molecule has 0 atom stereocenters. The number of carbonyl (C=O) groups excluding carboxylic acids is 1. The maximum Gasteiger partial charge on any atom is 0.251 e. The van der Waals surface area contributed by atoms with E-state index in [0.29, 0.717) is 11.3 Å². The molecule has 0 saturated heterocycles. The summed E-state index contributed by atoms with van der Waals surface area (Å²) < 4.78 is 51.9. The molecule has 0 saturated carbocycles. The molecule has 0 spiro atoms. The SMILES string of the molecule is CC(C)(C)NS(=O)(=O)c1cc2c(s1)S(=O)(=O)NCC2=O. The number of ketones is 1. The lowest BCUT2D eigenvalue weighted by molar-refractivity contribution is 0.0991. The molecule has 1 aromatic heterocycles. The highest BCUT2D eigenvalue weighted by atomic mass is 32.3. The van der Waals surface area contributed by atoms with E-state index in [1.807, 2.05) is 0 Å². The van der Waals surface area contributed by atoms with Gasteiger partial charge >= 0.3 is 0 Å². The van der Waals surface area contributed by atoms with E-state index in [0.717, 1.165) is 6.07 Å². The van der Waals surface area contributed by atoms with Crippen LogP contribution in [0.4, 0.5) is 0 Å². The fourth-order valence-corrected chi connectivity index (χ4v) is 6.25. The first-order valence-corrected chi connectivity index (χ1v) is 9.41. The second kappa shape index (κ2) is 4.60. The van der Waals surface area contributed by atoms with Crippen LogP contribution in [0, 0.1) is 0 Å². The molecule has 7 nitrogen and oxygen atoms in total. The van der Waals surface area contributed by atoms with E-state index < -0.39 is 31.4 Å². The average Bonchev–Trinajstić information content (AvgIpc) is 2.67. The minimum absolute atomic E-state index is 0.0666. The van der Waals surface area contributed by atoms with E-state index >= 15 is 0 Å². The number of nitrogens with one attached hydrogen (secondary N) is 2. The monoisotopic (exact) mass is 338 g/mol. The van der Waals surface area contributed by atoms with Gasteiger partial charge in [0, 0.05) is 5.54 Å². The van der Waals surface area contributed by atoms with Crippen LogP contribution < -0.4 is 9.44 Å². The zero-order valence-corrected chi connectivity index (χ0v) is 13.5. The van der Waals surface area contributed by atoms with E-state index in [2.05, 4.69) is 9.44 Å². The Balaban J connectivity index is 2.56. The summed E-state index contributed by atoms with van der Waals surface area (Å²) in [6.07, 6.45) is 0. The van der Waals surface area contributed by atoms with Gasteiger partial charge in [-0.25, -0.2) is 26.3 Å². The van der Waals surface area contributed by atoms with Gasteiger partial charge in [-0.15, -0.1) is 11.3 Å². The van der Waals surface area contributed by atoms with Gasteiger partial charge < -0.3 is 0 Å². The summed E-state index contributed by atoms with van der Waals surface area (Å²) in [6.45, 7) is 4.66. The van der Waals surface area contributed by atoms with E-state index in [-0.39, 0.29) is 20.5 Å². The summed E-state index contributed by atoms with van der Waals surface area (Å²) >= 11 is 0.572. The van der Waals surface area contributed by atoms with Crippen molar-refractivity contribution in [3.05, 3.63) is 11.6 Å². The molecule has 1 aliphatic heterocycles. The molecular formula is C10H14N2O5S3. The van der Waals surface area contributed by atoms with Crippen molar-refractivity contribution in [2.45, 2.75) is 34.7 Å². The van der Waals surface area contributed by atoms with Crippen LogP contribution in [-0.2, 0) is 20.0 Å². The Hall–Kier alpha value is -0.810. The van der Waals surface area contributed by atoms with Crippen LogP contribution in [0.2, 0.25) is 0 Å². The van der Waals surface area contributed by atoms with Gasteiger partial charge in [-0.3, -0.25) is 4.79 Å². The summed E-state index contributed by atoms with van der Waals surface area (Å²) in [5.74, 6) is -0.441. The minimum atomic E-state index is -3.86. The highest BCUT2D eigenvalue weighted by Crippen LogP contribution is 2.32. The van der Waals surface area contributed by atoms with Crippen molar-refractivity contribution in [2.24, 2.45) is 0 Å². The first kappa shape index (κ1) is 15.6. The van der Waals surface area contributed by atoms with Crippen LogP contribution in [0.1, 0.15) is 31.1 Å². The maximum absolute atomic E-state index is 12.2. The Labute approximate surface area is 121 Å². The topological polar surface area (TPSA) is 109 Å². The number of rotatable bonds is 2. The van der Waals surface area contributed by atoms with Gasteiger partial charge in [0.15, 0.2) is 5.78 Å². The van der Waals surface area contributed by atoms with Crippen LogP contribution in [0.25, 0.3) is 0 Å². The summed E-state index contributed by atoms with van der Waals surface area (Å²) in [5.41, 5.74) is -0.771. The predicted octanol–water partition coefficient (Wildman–Crippen LogP) is 0.299. The molecule has 0 aromatic carbocycles. The highest BCUT2D eigenvalue weighted by molar-refractivity contribution is 7.94. The molecule has 112 valence electrons. The highest BCUT2D eigenvalue weighted by Gasteiger charge is 2.34. The predicted molar refractivity (Wildman–Crippen MR) is 73.9 cm³/mol. The van der Waals surface area contributed by atoms with E-state index in [4.69, 9.17) is 0 Å². The normalized spacial score (nSPS) is 18.9. The quantitative estimate of drug-likeness (QED) is 0.806. The van der Waals surface area contributed by atoms with Crippen molar-refractivity contribution >= 4 is 37.2 Å². The third-order valence-corrected chi connectivity index (χ3v) is 7.65. The molecule has 0 bridgehead atoms. The fourth-order valence-electron chi connectivity index (χ4n) is 1.65. The zero-order valence-electron chi connectivity index (χ0n) is 11.1. The second-order valence-electron chi connectivity index (χ2n) is 5.37. The van der Waals surface area contributed by atoms with Crippen LogP contribution in [0.5, 0.6) is 0 Å². The molecule has 2 rings (SSSR count). The number of hydrogen-bond acceptors (Lipinski definition) is 6. The van der Waals surface area contributed by atoms with Crippen LogP contribution in [-0.4, -0.2) is 34.7 Å². The second-order valence-corrected chi connectivity index (χ2v) is 10.3. The molecule has 1 aromatic rings. The van der Waals surface area contributed by atoms with Crippen LogP contribution in [0.3, 0.4) is 0 Å². The number of sulfonamides is 2. The van der Waals surface area contributed by atoms with Crippen molar-refractivity contribution < 1.29 is 21.6 Å². The number of carbonyl (C=O) groups is 1. The lowest BCUT2D eigenvalue weighted by Gasteiger charge is -2.19. The van der Waals surface area contributed by atoms with Gasteiger partial charge in [0.2, 0.25) is 0 Å². The van der Waals surface area contributed by atoms with Gasteiger partial charge in [-0.05, 0) is 26.8 Å². The summed E-state index contributed by atoms with van der Waals surface area (Å²) in [7, 11) is -7.66. The Bertz CT molecular complexity index is 768. The molecule has 0 radical (unpaired) electrons. The molecule has 0 aliphatic carbocycles. The standard InChI is InChI=1S/C10H14N2O5S3/c1-10(2,3)12-19(14,15)8-4-6-7(13)5-11-20(16,17)9(6)18-8/h4,11-12H,5H2,1-3H3. The van der Waals surface area contributed by atoms with Crippen molar-refractivity contribution in [3.8, 4) is 0 Å². The average molecular weight is 338 g/mol. The Kier molecular flexibility index (Phi) is 3.58. The van der Waals surface area contributed by atoms with E-state index in [1.165, 1.54) is 0 Å². The minimum Gasteiger partial charge on any atom is -0.293 e. The number of hydrogen-bond donors (Lipinski definition) is 2. The molecule has 1 aliphatic rings. The largest absolute Gasteiger partial charge is 0.293 e. The Morgan fingerprint density at radius 2 is 1.95 bits per heavy atom. The Morgan fingerprint density at radius 3 is 2.45 bits per heavy atom.